The van der Waals surface area contributed by atoms with E-state index in [2.05, 4.69) is 47.7 Å². The number of nitrogens with zero attached hydrogens (tertiary/aromatic N) is 2. The summed E-state index contributed by atoms with van der Waals surface area (Å²) in [4.78, 5) is 0. The fraction of sp³-hybridized carbons (Fsp3) is 0.500. The minimum atomic E-state index is 0.0555. The van der Waals surface area contributed by atoms with E-state index in [0.29, 0.717) is 24.5 Å². The Kier molecular flexibility index (Phi) is 3.68. The standard InChI is InChI=1S/C16H22N4O/c1-16(2,3)12-6-4-5-7-13(12)18-15-20-19-14(21-15)10-17-11-8-9-11/h4-7,11,17H,8-10H2,1-3H3,(H,18,20). The lowest BCUT2D eigenvalue weighted by Crippen LogP contribution is -2.15. The second-order valence-electron chi connectivity index (χ2n) is 6.58. The van der Waals surface area contributed by atoms with Gasteiger partial charge in [0.05, 0.1) is 6.54 Å². The van der Waals surface area contributed by atoms with Crippen molar-refractivity contribution in [1.29, 1.82) is 0 Å². The highest BCUT2D eigenvalue weighted by atomic mass is 16.4. The number of benzene rings is 1. The molecule has 5 heteroatoms. The topological polar surface area (TPSA) is 63.0 Å². The van der Waals surface area contributed by atoms with Crippen LogP contribution in [0.4, 0.5) is 11.7 Å². The molecule has 0 amide bonds. The molecular formula is C16H22N4O. The van der Waals surface area contributed by atoms with E-state index in [1.807, 2.05) is 18.2 Å². The lowest BCUT2D eigenvalue weighted by atomic mass is 9.86. The van der Waals surface area contributed by atoms with Crippen LogP contribution in [0.2, 0.25) is 0 Å². The van der Waals surface area contributed by atoms with E-state index in [1.165, 1.54) is 18.4 Å². The first kappa shape index (κ1) is 14.1. The Morgan fingerprint density at radius 2 is 1.95 bits per heavy atom. The van der Waals surface area contributed by atoms with Gasteiger partial charge in [-0.2, -0.15) is 0 Å². The number of rotatable bonds is 5. The zero-order valence-electron chi connectivity index (χ0n) is 12.8. The summed E-state index contributed by atoms with van der Waals surface area (Å²) >= 11 is 0. The Morgan fingerprint density at radius 1 is 1.19 bits per heavy atom. The van der Waals surface area contributed by atoms with Crippen LogP contribution in [-0.2, 0) is 12.0 Å². The summed E-state index contributed by atoms with van der Waals surface area (Å²) < 4.78 is 5.64. The molecule has 21 heavy (non-hydrogen) atoms. The highest BCUT2D eigenvalue weighted by Crippen LogP contribution is 2.30. The summed E-state index contributed by atoms with van der Waals surface area (Å²) in [5, 5.41) is 14.7. The molecule has 0 atom stereocenters. The summed E-state index contributed by atoms with van der Waals surface area (Å²) in [6.45, 7) is 7.20. The van der Waals surface area contributed by atoms with Gasteiger partial charge in [0.2, 0.25) is 5.89 Å². The second kappa shape index (κ2) is 5.48. The molecule has 0 unspecified atom stereocenters. The molecule has 1 aliphatic rings. The van der Waals surface area contributed by atoms with Crippen molar-refractivity contribution in [1.82, 2.24) is 15.5 Å². The van der Waals surface area contributed by atoms with Crippen LogP contribution in [0.3, 0.4) is 0 Å². The largest absolute Gasteiger partial charge is 0.406 e. The van der Waals surface area contributed by atoms with Crippen molar-refractivity contribution in [3.63, 3.8) is 0 Å². The fourth-order valence-electron chi connectivity index (χ4n) is 2.26. The lowest BCUT2D eigenvalue weighted by molar-refractivity contribution is 0.478. The third-order valence-corrected chi connectivity index (χ3v) is 3.56. The maximum Gasteiger partial charge on any atom is 0.320 e. The third-order valence-electron chi connectivity index (χ3n) is 3.56. The van der Waals surface area contributed by atoms with Crippen molar-refractivity contribution >= 4 is 11.7 Å². The normalized spacial score (nSPS) is 15.2. The average Bonchev–Trinajstić information content (AvgIpc) is 3.16. The Bertz CT molecular complexity index is 611. The van der Waals surface area contributed by atoms with Gasteiger partial charge in [-0.1, -0.05) is 44.1 Å². The zero-order valence-corrected chi connectivity index (χ0v) is 12.8. The van der Waals surface area contributed by atoms with E-state index >= 15 is 0 Å². The van der Waals surface area contributed by atoms with Gasteiger partial charge in [-0.05, 0) is 29.9 Å². The maximum atomic E-state index is 5.64. The molecule has 0 aliphatic heterocycles. The van der Waals surface area contributed by atoms with Crippen LogP contribution in [-0.4, -0.2) is 16.2 Å². The van der Waals surface area contributed by atoms with Crippen molar-refractivity contribution in [2.24, 2.45) is 0 Å². The molecule has 0 spiro atoms. The van der Waals surface area contributed by atoms with E-state index < -0.39 is 0 Å². The minimum Gasteiger partial charge on any atom is -0.406 e. The molecule has 5 nitrogen and oxygen atoms in total. The van der Waals surface area contributed by atoms with Gasteiger partial charge < -0.3 is 15.1 Å². The van der Waals surface area contributed by atoms with Gasteiger partial charge in [0, 0.05) is 11.7 Å². The molecule has 1 aromatic carbocycles. The Morgan fingerprint density at radius 3 is 2.67 bits per heavy atom. The van der Waals surface area contributed by atoms with Crippen LogP contribution < -0.4 is 10.6 Å². The number of para-hydroxylation sites is 1. The average molecular weight is 286 g/mol. The number of aromatic nitrogens is 2. The van der Waals surface area contributed by atoms with E-state index in [4.69, 9.17) is 4.42 Å². The van der Waals surface area contributed by atoms with Gasteiger partial charge in [-0.3, -0.25) is 0 Å². The predicted molar refractivity (Wildman–Crippen MR) is 82.6 cm³/mol. The van der Waals surface area contributed by atoms with Crippen LogP contribution in [0, 0.1) is 0 Å². The Hall–Kier alpha value is -1.88. The molecule has 0 saturated heterocycles. The summed E-state index contributed by atoms with van der Waals surface area (Å²) in [5.41, 5.74) is 2.29. The summed E-state index contributed by atoms with van der Waals surface area (Å²) in [6, 6.07) is 9.28. The Labute approximate surface area is 125 Å². The molecule has 1 aliphatic carbocycles. The molecule has 0 bridgehead atoms. The van der Waals surface area contributed by atoms with Crippen molar-refractivity contribution in [3.05, 3.63) is 35.7 Å². The number of hydrogen-bond donors (Lipinski definition) is 2. The molecule has 0 radical (unpaired) electrons. The van der Waals surface area contributed by atoms with Gasteiger partial charge in [-0.25, -0.2) is 0 Å². The predicted octanol–water partition coefficient (Wildman–Crippen LogP) is 3.36. The van der Waals surface area contributed by atoms with Crippen LogP contribution in [0.25, 0.3) is 0 Å². The SMILES string of the molecule is CC(C)(C)c1ccccc1Nc1nnc(CNC2CC2)o1. The van der Waals surface area contributed by atoms with Gasteiger partial charge >= 0.3 is 6.01 Å². The molecule has 1 aromatic heterocycles. The van der Waals surface area contributed by atoms with Crippen molar-refractivity contribution in [3.8, 4) is 0 Å². The first-order valence-corrected chi connectivity index (χ1v) is 7.45. The number of nitrogens with one attached hydrogen (secondary N) is 2. The van der Waals surface area contributed by atoms with Crippen LogP contribution in [0.5, 0.6) is 0 Å². The molecule has 112 valence electrons. The Balaban J connectivity index is 1.71. The summed E-state index contributed by atoms with van der Waals surface area (Å²) in [7, 11) is 0. The smallest absolute Gasteiger partial charge is 0.320 e. The summed E-state index contributed by atoms with van der Waals surface area (Å²) in [5.74, 6) is 0.623. The summed E-state index contributed by atoms with van der Waals surface area (Å²) in [6.07, 6.45) is 2.50. The third kappa shape index (κ3) is 3.61. The van der Waals surface area contributed by atoms with Crippen LogP contribution in [0.1, 0.15) is 45.1 Å². The van der Waals surface area contributed by atoms with Crippen molar-refractivity contribution < 1.29 is 4.42 Å². The first-order valence-electron chi connectivity index (χ1n) is 7.45. The lowest BCUT2D eigenvalue weighted by Gasteiger charge is -2.22. The van der Waals surface area contributed by atoms with E-state index in [-0.39, 0.29) is 5.41 Å². The monoisotopic (exact) mass is 286 g/mol. The van der Waals surface area contributed by atoms with Gasteiger partial charge in [0.1, 0.15) is 0 Å². The van der Waals surface area contributed by atoms with E-state index in [0.717, 1.165) is 5.69 Å². The van der Waals surface area contributed by atoms with Crippen LogP contribution in [0.15, 0.2) is 28.7 Å². The fourth-order valence-corrected chi connectivity index (χ4v) is 2.26. The highest BCUT2D eigenvalue weighted by Gasteiger charge is 2.21. The minimum absolute atomic E-state index is 0.0555. The highest BCUT2D eigenvalue weighted by molar-refractivity contribution is 5.59. The quantitative estimate of drug-likeness (QED) is 0.882. The second-order valence-corrected chi connectivity index (χ2v) is 6.58. The van der Waals surface area contributed by atoms with E-state index in [1.54, 1.807) is 0 Å². The van der Waals surface area contributed by atoms with Crippen molar-refractivity contribution in [2.75, 3.05) is 5.32 Å². The van der Waals surface area contributed by atoms with Gasteiger partial charge in [0.15, 0.2) is 0 Å². The molecule has 2 aromatic rings. The van der Waals surface area contributed by atoms with Gasteiger partial charge in [0.25, 0.3) is 0 Å². The molecular weight excluding hydrogens is 264 g/mol. The number of hydrogen-bond acceptors (Lipinski definition) is 5. The van der Waals surface area contributed by atoms with Crippen molar-refractivity contribution in [2.45, 2.75) is 51.6 Å². The molecule has 1 heterocycles. The number of anilines is 2. The maximum absolute atomic E-state index is 5.64. The van der Waals surface area contributed by atoms with E-state index in [9.17, 15) is 0 Å². The first-order chi connectivity index (χ1) is 10.0. The molecule has 2 N–H and O–H groups in total. The molecule has 1 saturated carbocycles. The van der Waals surface area contributed by atoms with Gasteiger partial charge in [-0.15, -0.1) is 5.10 Å². The molecule has 3 rings (SSSR count). The van der Waals surface area contributed by atoms with Crippen LogP contribution >= 0.6 is 0 Å². The zero-order chi connectivity index (χ0) is 14.9. The molecule has 1 fully saturated rings.